The van der Waals surface area contributed by atoms with Crippen molar-refractivity contribution in [2.45, 2.75) is 32.1 Å². The van der Waals surface area contributed by atoms with Crippen LogP contribution in [0.3, 0.4) is 0 Å². The molecule has 2 rings (SSSR count). The topological polar surface area (TPSA) is 79.0 Å². The van der Waals surface area contributed by atoms with Crippen LogP contribution in [0.5, 0.6) is 0 Å². The van der Waals surface area contributed by atoms with Crippen LogP contribution < -0.4 is 5.32 Å². The van der Waals surface area contributed by atoms with E-state index in [9.17, 15) is 10.1 Å². The summed E-state index contributed by atoms with van der Waals surface area (Å²) >= 11 is 0. The van der Waals surface area contributed by atoms with Crippen LogP contribution in [0, 0.1) is 27.4 Å². The smallest absolute Gasteiger partial charge is 0.292 e. The van der Waals surface area contributed by atoms with Crippen molar-refractivity contribution in [3.8, 4) is 6.07 Å². The molecule has 1 saturated carbocycles. The summed E-state index contributed by atoms with van der Waals surface area (Å²) in [4.78, 5) is 10.5. The molecule has 19 heavy (non-hydrogen) atoms. The fourth-order valence-electron chi connectivity index (χ4n) is 2.55. The number of hydrogen-bond acceptors (Lipinski definition) is 4. The van der Waals surface area contributed by atoms with Gasteiger partial charge in [0.15, 0.2) is 0 Å². The number of anilines is 1. The number of nitro benzene ring substituents is 1. The zero-order valence-corrected chi connectivity index (χ0v) is 10.8. The van der Waals surface area contributed by atoms with E-state index in [1.54, 1.807) is 6.07 Å². The van der Waals surface area contributed by atoms with E-state index in [2.05, 4.69) is 5.32 Å². The second kappa shape index (κ2) is 6.19. The van der Waals surface area contributed by atoms with Crippen LogP contribution in [0.15, 0.2) is 18.2 Å². The van der Waals surface area contributed by atoms with E-state index in [0.29, 0.717) is 17.2 Å². The molecule has 0 aromatic heterocycles. The molecule has 0 saturated heterocycles. The van der Waals surface area contributed by atoms with Crippen LogP contribution in [0.2, 0.25) is 0 Å². The Balaban J connectivity index is 2.08. The number of nitro groups is 1. The van der Waals surface area contributed by atoms with E-state index in [1.807, 2.05) is 6.07 Å². The number of nitriles is 1. The van der Waals surface area contributed by atoms with Crippen molar-refractivity contribution >= 4 is 11.4 Å². The van der Waals surface area contributed by atoms with Crippen molar-refractivity contribution < 1.29 is 4.92 Å². The van der Waals surface area contributed by atoms with Crippen molar-refractivity contribution in [3.63, 3.8) is 0 Å². The molecule has 1 N–H and O–H groups in total. The first kappa shape index (κ1) is 13.3. The summed E-state index contributed by atoms with van der Waals surface area (Å²) in [7, 11) is 0. The molecule has 5 heteroatoms. The van der Waals surface area contributed by atoms with Gasteiger partial charge < -0.3 is 5.32 Å². The second-order valence-electron chi connectivity index (χ2n) is 4.99. The van der Waals surface area contributed by atoms with Gasteiger partial charge in [0.1, 0.15) is 5.69 Å². The summed E-state index contributed by atoms with van der Waals surface area (Å²) in [6.45, 7) is 0.746. The first-order valence-electron chi connectivity index (χ1n) is 6.63. The minimum atomic E-state index is -0.412. The van der Waals surface area contributed by atoms with Crippen LogP contribution in [-0.4, -0.2) is 11.5 Å². The van der Waals surface area contributed by atoms with Gasteiger partial charge in [-0.2, -0.15) is 5.26 Å². The molecule has 1 fully saturated rings. The minimum absolute atomic E-state index is 0.0369. The van der Waals surface area contributed by atoms with E-state index in [-0.39, 0.29) is 5.69 Å². The fourth-order valence-corrected chi connectivity index (χ4v) is 2.55. The molecular formula is C14H17N3O2. The van der Waals surface area contributed by atoms with Gasteiger partial charge in [-0.25, -0.2) is 0 Å². The van der Waals surface area contributed by atoms with Gasteiger partial charge in [-0.05, 0) is 30.9 Å². The fraction of sp³-hybridized carbons (Fsp3) is 0.500. The molecule has 0 atom stereocenters. The zero-order chi connectivity index (χ0) is 13.7. The molecule has 0 aliphatic heterocycles. The zero-order valence-electron chi connectivity index (χ0n) is 10.8. The molecule has 0 heterocycles. The third-order valence-corrected chi connectivity index (χ3v) is 3.63. The summed E-state index contributed by atoms with van der Waals surface area (Å²) in [6, 6.07) is 6.43. The monoisotopic (exact) mass is 259 g/mol. The highest BCUT2D eigenvalue weighted by Gasteiger charge is 2.17. The van der Waals surface area contributed by atoms with Crippen LogP contribution in [-0.2, 0) is 0 Å². The van der Waals surface area contributed by atoms with Gasteiger partial charge in [-0.15, -0.1) is 0 Å². The van der Waals surface area contributed by atoms with Crippen LogP contribution in [0.4, 0.5) is 11.4 Å². The highest BCUT2D eigenvalue weighted by molar-refractivity contribution is 5.64. The number of nitrogens with one attached hydrogen (secondary N) is 1. The Kier molecular flexibility index (Phi) is 4.35. The molecule has 0 amide bonds. The Morgan fingerprint density at radius 3 is 2.74 bits per heavy atom. The van der Waals surface area contributed by atoms with Gasteiger partial charge in [-0.3, -0.25) is 10.1 Å². The summed E-state index contributed by atoms with van der Waals surface area (Å²) in [5.41, 5.74) is 0.932. The molecule has 0 unspecified atom stereocenters. The standard InChI is InChI=1S/C14H17N3O2/c15-9-12-6-7-14(17(18)19)13(8-12)16-10-11-4-2-1-3-5-11/h6-8,11,16H,1-5,10H2. The predicted molar refractivity (Wildman–Crippen MR) is 72.9 cm³/mol. The summed E-state index contributed by atoms with van der Waals surface area (Å²) in [5.74, 6) is 0.582. The molecule has 5 nitrogen and oxygen atoms in total. The van der Waals surface area contributed by atoms with Crippen LogP contribution >= 0.6 is 0 Å². The largest absolute Gasteiger partial charge is 0.379 e. The SMILES string of the molecule is N#Cc1ccc([N+](=O)[O-])c(NCC2CCCCC2)c1. The third kappa shape index (κ3) is 3.44. The second-order valence-corrected chi connectivity index (χ2v) is 4.99. The number of benzene rings is 1. The Labute approximate surface area is 112 Å². The van der Waals surface area contributed by atoms with E-state index in [4.69, 9.17) is 5.26 Å². The maximum atomic E-state index is 11.0. The predicted octanol–water partition coefficient (Wildman–Crippen LogP) is 3.46. The van der Waals surface area contributed by atoms with Gasteiger partial charge in [0.05, 0.1) is 16.6 Å². The van der Waals surface area contributed by atoms with Crippen molar-refractivity contribution in [3.05, 3.63) is 33.9 Å². The molecule has 0 bridgehead atoms. The molecule has 1 aromatic carbocycles. The quantitative estimate of drug-likeness (QED) is 0.663. The van der Waals surface area contributed by atoms with Gasteiger partial charge in [0.25, 0.3) is 5.69 Å². The average molecular weight is 259 g/mol. The molecule has 0 radical (unpaired) electrons. The van der Waals surface area contributed by atoms with E-state index >= 15 is 0 Å². The van der Waals surface area contributed by atoms with Gasteiger partial charge >= 0.3 is 0 Å². The maximum Gasteiger partial charge on any atom is 0.292 e. The molecule has 1 aliphatic carbocycles. The van der Waals surface area contributed by atoms with Gasteiger partial charge in [0.2, 0.25) is 0 Å². The lowest BCUT2D eigenvalue weighted by atomic mass is 9.89. The van der Waals surface area contributed by atoms with Crippen LogP contribution in [0.1, 0.15) is 37.7 Å². The maximum absolute atomic E-state index is 11.0. The first-order chi connectivity index (χ1) is 9.20. The van der Waals surface area contributed by atoms with E-state index in [1.165, 1.54) is 44.2 Å². The summed E-state index contributed by atoms with van der Waals surface area (Å²) in [6.07, 6.45) is 6.14. The normalized spacial score (nSPS) is 15.7. The number of rotatable bonds is 4. The summed E-state index contributed by atoms with van der Waals surface area (Å²) in [5, 5.41) is 23.0. The Morgan fingerprint density at radius 2 is 2.11 bits per heavy atom. The van der Waals surface area contributed by atoms with Crippen molar-refractivity contribution in [1.82, 2.24) is 0 Å². The van der Waals surface area contributed by atoms with Crippen molar-refractivity contribution in [2.24, 2.45) is 5.92 Å². The lowest BCUT2D eigenvalue weighted by Gasteiger charge is -2.22. The lowest BCUT2D eigenvalue weighted by Crippen LogP contribution is -2.17. The Hall–Kier alpha value is -2.09. The number of nitrogens with zero attached hydrogens (tertiary/aromatic N) is 2. The van der Waals surface area contributed by atoms with E-state index < -0.39 is 4.92 Å². The van der Waals surface area contributed by atoms with Crippen molar-refractivity contribution in [2.75, 3.05) is 11.9 Å². The van der Waals surface area contributed by atoms with Crippen molar-refractivity contribution in [1.29, 1.82) is 5.26 Å². The number of hydrogen-bond donors (Lipinski definition) is 1. The van der Waals surface area contributed by atoms with Gasteiger partial charge in [0, 0.05) is 12.6 Å². The third-order valence-electron chi connectivity index (χ3n) is 3.63. The minimum Gasteiger partial charge on any atom is -0.379 e. The highest BCUT2D eigenvalue weighted by Crippen LogP contribution is 2.28. The van der Waals surface area contributed by atoms with E-state index in [0.717, 1.165) is 6.54 Å². The van der Waals surface area contributed by atoms with Crippen LogP contribution in [0.25, 0.3) is 0 Å². The highest BCUT2D eigenvalue weighted by atomic mass is 16.6. The molecule has 0 spiro atoms. The lowest BCUT2D eigenvalue weighted by molar-refractivity contribution is -0.384. The Bertz CT molecular complexity index is 502. The molecular weight excluding hydrogens is 242 g/mol. The average Bonchev–Trinajstić information content (AvgIpc) is 2.45. The molecule has 1 aromatic rings. The summed E-state index contributed by atoms with van der Waals surface area (Å²) < 4.78 is 0. The molecule has 100 valence electrons. The first-order valence-corrected chi connectivity index (χ1v) is 6.63. The van der Waals surface area contributed by atoms with Gasteiger partial charge in [-0.1, -0.05) is 19.3 Å². The molecule has 1 aliphatic rings. The Morgan fingerprint density at radius 1 is 1.37 bits per heavy atom.